The van der Waals surface area contributed by atoms with E-state index in [0.29, 0.717) is 18.2 Å². The molecule has 1 unspecified atom stereocenters. The summed E-state index contributed by atoms with van der Waals surface area (Å²) in [5, 5.41) is 13.1. The molecule has 1 heterocycles. The van der Waals surface area contributed by atoms with Gasteiger partial charge in [0.15, 0.2) is 0 Å². The number of carbonyl (C=O) groups is 1. The Labute approximate surface area is 217 Å². The fourth-order valence-electron chi connectivity index (χ4n) is 4.47. The van der Waals surface area contributed by atoms with Crippen molar-refractivity contribution in [1.82, 2.24) is 20.2 Å². The first-order chi connectivity index (χ1) is 17.5. The van der Waals surface area contributed by atoms with Crippen LogP contribution in [0.2, 0.25) is 5.02 Å². The van der Waals surface area contributed by atoms with E-state index < -0.39 is 6.03 Å². The average molecular weight is 509 g/mol. The first-order valence-corrected chi connectivity index (χ1v) is 12.6. The van der Waals surface area contributed by atoms with Gasteiger partial charge in [-0.2, -0.15) is 0 Å². The topological polar surface area (TPSA) is 68.3 Å². The van der Waals surface area contributed by atoms with Crippen molar-refractivity contribution >= 4 is 17.6 Å². The third kappa shape index (κ3) is 7.21. The average Bonchev–Trinajstić information content (AvgIpc) is 2.90. The molecular formula is C28H33ClN4O3. The lowest BCUT2D eigenvalue weighted by Crippen LogP contribution is -2.48. The Morgan fingerprint density at radius 3 is 2.39 bits per heavy atom. The van der Waals surface area contributed by atoms with Crippen LogP contribution in [0.5, 0.6) is 5.75 Å². The normalized spacial score (nSPS) is 15.3. The number of hydroxylamine groups is 2. The smallest absolute Gasteiger partial charge is 0.341 e. The van der Waals surface area contributed by atoms with Gasteiger partial charge >= 0.3 is 6.03 Å². The van der Waals surface area contributed by atoms with Gasteiger partial charge in [-0.1, -0.05) is 66.2 Å². The maximum Gasteiger partial charge on any atom is 0.341 e. The van der Waals surface area contributed by atoms with E-state index in [2.05, 4.69) is 57.6 Å². The number of amides is 2. The lowest BCUT2D eigenvalue weighted by Gasteiger charge is -2.39. The Morgan fingerprint density at radius 1 is 1.00 bits per heavy atom. The van der Waals surface area contributed by atoms with E-state index in [-0.39, 0.29) is 6.04 Å². The highest BCUT2D eigenvalue weighted by Crippen LogP contribution is 2.30. The molecule has 0 radical (unpaired) electrons. The molecular weight excluding hydrogens is 476 g/mol. The molecule has 4 rings (SSSR count). The molecule has 2 amide bonds. The maximum absolute atomic E-state index is 11.5. The van der Waals surface area contributed by atoms with Gasteiger partial charge in [-0.25, -0.2) is 9.86 Å². The molecule has 0 spiro atoms. The monoisotopic (exact) mass is 508 g/mol. The van der Waals surface area contributed by atoms with Crippen LogP contribution in [0, 0.1) is 0 Å². The van der Waals surface area contributed by atoms with Crippen molar-refractivity contribution in [3.05, 3.63) is 101 Å². The summed E-state index contributed by atoms with van der Waals surface area (Å²) in [5.74, 6) is 0.768. The summed E-state index contributed by atoms with van der Waals surface area (Å²) < 4.78 is 5.99. The molecule has 1 saturated heterocycles. The number of urea groups is 1. The Balaban J connectivity index is 1.28. The van der Waals surface area contributed by atoms with Crippen molar-refractivity contribution < 1.29 is 14.7 Å². The Morgan fingerprint density at radius 2 is 1.69 bits per heavy atom. The molecule has 2 N–H and O–H groups in total. The molecule has 0 aromatic heterocycles. The largest absolute Gasteiger partial charge is 0.492 e. The van der Waals surface area contributed by atoms with Crippen LogP contribution in [0.3, 0.4) is 0 Å². The van der Waals surface area contributed by atoms with E-state index in [9.17, 15) is 4.79 Å². The van der Waals surface area contributed by atoms with Gasteiger partial charge in [0.1, 0.15) is 12.4 Å². The van der Waals surface area contributed by atoms with Crippen molar-refractivity contribution in [1.29, 1.82) is 0 Å². The molecule has 0 aliphatic carbocycles. The summed E-state index contributed by atoms with van der Waals surface area (Å²) in [6.07, 6.45) is 0. The van der Waals surface area contributed by atoms with E-state index in [1.165, 1.54) is 18.2 Å². The minimum Gasteiger partial charge on any atom is -0.492 e. The summed E-state index contributed by atoms with van der Waals surface area (Å²) in [6, 6.07) is 26.1. The number of nitrogens with one attached hydrogen (secondary N) is 1. The lowest BCUT2D eigenvalue weighted by atomic mass is 9.96. The molecule has 0 saturated carbocycles. The van der Waals surface area contributed by atoms with Gasteiger partial charge in [0.2, 0.25) is 0 Å². The zero-order chi connectivity index (χ0) is 25.3. The quantitative estimate of drug-likeness (QED) is 0.325. The van der Waals surface area contributed by atoms with E-state index in [1.54, 1.807) is 0 Å². The van der Waals surface area contributed by atoms with Gasteiger partial charge in [-0.05, 0) is 41.0 Å². The number of carbonyl (C=O) groups excluding carboxylic acids is 1. The van der Waals surface area contributed by atoms with Crippen LogP contribution in [-0.2, 0) is 6.54 Å². The molecule has 36 heavy (non-hydrogen) atoms. The Hall–Kier alpha value is -3.10. The molecule has 8 heteroatoms. The molecule has 7 nitrogen and oxygen atoms in total. The maximum atomic E-state index is 11.5. The lowest BCUT2D eigenvalue weighted by molar-refractivity contribution is -0.0184. The predicted octanol–water partition coefficient (Wildman–Crippen LogP) is 4.66. The second-order valence-corrected chi connectivity index (χ2v) is 9.36. The number of piperazine rings is 1. The predicted molar refractivity (Wildman–Crippen MR) is 141 cm³/mol. The molecule has 1 aliphatic rings. The van der Waals surface area contributed by atoms with E-state index in [0.717, 1.165) is 49.1 Å². The van der Waals surface area contributed by atoms with Crippen molar-refractivity contribution in [2.45, 2.75) is 12.6 Å². The minimum absolute atomic E-state index is 0.204. The van der Waals surface area contributed by atoms with Crippen LogP contribution >= 0.6 is 11.6 Å². The fraction of sp³-hybridized carbons (Fsp3) is 0.321. The summed E-state index contributed by atoms with van der Waals surface area (Å²) in [4.78, 5) is 16.5. The molecule has 1 fully saturated rings. The number of halogens is 1. The van der Waals surface area contributed by atoms with Gasteiger partial charge in [-0.15, -0.1) is 0 Å². The zero-order valence-corrected chi connectivity index (χ0v) is 21.3. The summed E-state index contributed by atoms with van der Waals surface area (Å²) in [7, 11) is 1.29. The van der Waals surface area contributed by atoms with Crippen molar-refractivity contribution in [2.75, 3.05) is 46.4 Å². The van der Waals surface area contributed by atoms with Crippen LogP contribution in [0.15, 0.2) is 78.9 Å². The first-order valence-electron chi connectivity index (χ1n) is 12.2. The molecule has 3 aromatic rings. The summed E-state index contributed by atoms with van der Waals surface area (Å²) >= 11 is 6.15. The number of hydrogen-bond donors (Lipinski definition) is 2. The Kier molecular flexibility index (Phi) is 9.19. The summed E-state index contributed by atoms with van der Waals surface area (Å²) in [5.41, 5.74) is 3.45. The third-order valence-corrected chi connectivity index (χ3v) is 6.64. The van der Waals surface area contributed by atoms with Crippen LogP contribution in [0.25, 0.3) is 0 Å². The zero-order valence-electron chi connectivity index (χ0n) is 20.5. The van der Waals surface area contributed by atoms with Crippen LogP contribution in [0.1, 0.15) is 22.7 Å². The first kappa shape index (κ1) is 26.0. The fourth-order valence-corrected chi connectivity index (χ4v) is 4.60. The van der Waals surface area contributed by atoms with Crippen LogP contribution < -0.4 is 10.1 Å². The van der Waals surface area contributed by atoms with Gasteiger partial charge in [-0.3, -0.25) is 15.0 Å². The van der Waals surface area contributed by atoms with Crippen molar-refractivity contribution in [2.24, 2.45) is 0 Å². The molecule has 190 valence electrons. The SMILES string of the molecule is CN(O)C(=O)NCc1cccc(OCCN2CCN(C(c3ccccc3)c3ccc(Cl)cc3)CC2)c1. The number of rotatable bonds is 9. The summed E-state index contributed by atoms with van der Waals surface area (Å²) in [6.45, 7) is 5.64. The molecule has 0 bridgehead atoms. The van der Waals surface area contributed by atoms with Gasteiger partial charge in [0, 0.05) is 51.3 Å². The van der Waals surface area contributed by atoms with Gasteiger partial charge in [0.05, 0.1) is 6.04 Å². The number of hydrogen-bond acceptors (Lipinski definition) is 5. The highest BCUT2D eigenvalue weighted by atomic mass is 35.5. The second-order valence-electron chi connectivity index (χ2n) is 8.92. The molecule has 1 atom stereocenters. The van der Waals surface area contributed by atoms with Crippen LogP contribution in [0.4, 0.5) is 4.79 Å². The van der Waals surface area contributed by atoms with E-state index >= 15 is 0 Å². The van der Waals surface area contributed by atoms with Crippen molar-refractivity contribution in [3.8, 4) is 5.75 Å². The van der Waals surface area contributed by atoms with Crippen LogP contribution in [-0.4, -0.2) is 72.5 Å². The highest BCUT2D eigenvalue weighted by molar-refractivity contribution is 6.30. The van der Waals surface area contributed by atoms with E-state index in [1.807, 2.05) is 36.4 Å². The third-order valence-electron chi connectivity index (χ3n) is 6.39. The Bertz CT molecular complexity index is 1100. The number of ether oxygens (including phenoxy) is 1. The molecule has 1 aliphatic heterocycles. The van der Waals surface area contributed by atoms with Gasteiger partial charge < -0.3 is 10.1 Å². The van der Waals surface area contributed by atoms with E-state index in [4.69, 9.17) is 21.5 Å². The standard InChI is InChI=1S/C28H33ClN4O3/c1-31(35)28(34)30-21-22-6-5-9-26(20-22)36-19-18-32-14-16-33(17-15-32)27(23-7-3-2-4-8-23)24-10-12-25(29)13-11-24/h2-13,20,27,35H,14-19,21H2,1H3,(H,30,34). The highest BCUT2D eigenvalue weighted by Gasteiger charge is 2.26. The minimum atomic E-state index is -0.550. The second kappa shape index (κ2) is 12.7. The van der Waals surface area contributed by atoms with Gasteiger partial charge in [0.25, 0.3) is 0 Å². The number of benzene rings is 3. The number of nitrogens with zero attached hydrogens (tertiary/aromatic N) is 3. The molecule has 3 aromatic carbocycles. The van der Waals surface area contributed by atoms with Crippen molar-refractivity contribution in [3.63, 3.8) is 0 Å².